The van der Waals surface area contributed by atoms with Gasteiger partial charge in [-0.15, -0.1) is 0 Å². The summed E-state index contributed by atoms with van der Waals surface area (Å²) in [5.74, 6) is 0.943. The van der Waals surface area contributed by atoms with Crippen molar-refractivity contribution in [1.29, 1.82) is 0 Å². The monoisotopic (exact) mass is 284 g/mol. The Morgan fingerprint density at radius 1 is 1.19 bits per heavy atom. The van der Waals surface area contributed by atoms with E-state index in [0.717, 1.165) is 30.0 Å². The fourth-order valence-electron chi connectivity index (χ4n) is 2.65. The first-order valence-corrected chi connectivity index (χ1v) is 7.19. The van der Waals surface area contributed by atoms with E-state index in [1.165, 1.54) is 0 Å². The molecule has 4 nitrogen and oxygen atoms in total. The van der Waals surface area contributed by atoms with Crippen molar-refractivity contribution in [1.82, 2.24) is 4.90 Å². The summed E-state index contributed by atoms with van der Waals surface area (Å²) < 4.78 is 5.74. The smallest absolute Gasteiger partial charge is 0.123 e. The van der Waals surface area contributed by atoms with E-state index in [2.05, 4.69) is 11.0 Å². The highest BCUT2D eigenvalue weighted by molar-refractivity contribution is 5.41. The van der Waals surface area contributed by atoms with Crippen molar-refractivity contribution in [3.05, 3.63) is 59.7 Å². The predicted molar refractivity (Wildman–Crippen MR) is 83.0 cm³/mol. The lowest BCUT2D eigenvalue weighted by molar-refractivity contribution is 0.105. The molecule has 2 aromatic rings. The molecule has 0 radical (unpaired) electrons. The molecule has 0 amide bonds. The average Bonchev–Trinajstić information content (AvgIpc) is 2.68. The van der Waals surface area contributed by atoms with E-state index in [-0.39, 0.29) is 0 Å². The summed E-state index contributed by atoms with van der Waals surface area (Å²) in [7, 11) is 0. The highest BCUT2D eigenvalue weighted by atomic mass is 16.5. The van der Waals surface area contributed by atoms with Gasteiger partial charge < -0.3 is 15.6 Å². The lowest BCUT2D eigenvalue weighted by Gasteiger charge is -2.23. The van der Waals surface area contributed by atoms with Crippen molar-refractivity contribution >= 4 is 5.69 Å². The number of aliphatic hydroxyl groups is 1. The number of rotatable bonds is 3. The van der Waals surface area contributed by atoms with Gasteiger partial charge in [0, 0.05) is 30.9 Å². The number of ether oxygens (including phenoxy) is 1. The van der Waals surface area contributed by atoms with Gasteiger partial charge in [0.1, 0.15) is 12.4 Å². The Morgan fingerprint density at radius 2 is 2.05 bits per heavy atom. The van der Waals surface area contributed by atoms with E-state index >= 15 is 0 Å². The number of nitrogens with zero attached hydrogens (tertiary/aromatic N) is 1. The van der Waals surface area contributed by atoms with E-state index in [9.17, 15) is 5.11 Å². The number of hydrogen-bond acceptors (Lipinski definition) is 4. The highest BCUT2D eigenvalue weighted by Gasteiger charge is 2.18. The summed E-state index contributed by atoms with van der Waals surface area (Å²) in [4.78, 5) is 2.21. The molecule has 1 heterocycles. The van der Waals surface area contributed by atoms with Crippen molar-refractivity contribution in [3.63, 3.8) is 0 Å². The summed E-state index contributed by atoms with van der Waals surface area (Å²) in [5.41, 5.74) is 8.47. The number of hydrogen-bond donors (Lipinski definition) is 2. The Morgan fingerprint density at radius 3 is 2.90 bits per heavy atom. The van der Waals surface area contributed by atoms with Crippen LogP contribution in [0.5, 0.6) is 5.75 Å². The fraction of sp³-hybridized carbons (Fsp3) is 0.294. The minimum absolute atomic E-state index is 0.543. The normalized spacial score (nSPS) is 16.6. The Hall–Kier alpha value is -2.04. The first kappa shape index (κ1) is 13.9. The minimum Gasteiger partial charge on any atom is -0.492 e. The lowest BCUT2D eigenvalue weighted by Crippen LogP contribution is -2.30. The molecular formula is C17H20N2O2. The van der Waals surface area contributed by atoms with E-state index in [4.69, 9.17) is 10.5 Å². The van der Waals surface area contributed by atoms with Crippen LogP contribution in [0.3, 0.4) is 0 Å². The van der Waals surface area contributed by atoms with Gasteiger partial charge in [0.15, 0.2) is 0 Å². The number of nitrogen functional groups attached to an aromatic ring is 1. The van der Waals surface area contributed by atoms with Crippen LogP contribution in [0.4, 0.5) is 5.69 Å². The molecule has 0 bridgehead atoms. The summed E-state index contributed by atoms with van der Waals surface area (Å²) in [6.07, 6.45) is -0.543. The summed E-state index contributed by atoms with van der Waals surface area (Å²) in [5, 5.41) is 10.4. The number of anilines is 1. The second-order valence-corrected chi connectivity index (χ2v) is 5.38. The van der Waals surface area contributed by atoms with E-state index < -0.39 is 6.10 Å². The van der Waals surface area contributed by atoms with Crippen molar-refractivity contribution < 1.29 is 9.84 Å². The predicted octanol–water partition coefficient (Wildman–Crippen LogP) is 2.20. The molecule has 0 fully saturated rings. The van der Waals surface area contributed by atoms with Gasteiger partial charge in [-0.3, -0.25) is 4.90 Å². The van der Waals surface area contributed by atoms with Crippen LogP contribution < -0.4 is 10.5 Å². The molecule has 1 atom stereocenters. The van der Waals surface area contributed by atoms with E-state index in [1.54, 1.807) is 0 Å². The number of benzene rings is 2. The van der Waals surface area contributed by atoms with E-state index in [1.807, 2.05) is 42.5 Å². The van der Waals surface area contributed by atoms with Gasteiger partial charge in [-0.05, 0) is 23.8 Å². The number of β-amino-alcohol motifs (C(OH)–C–C–N with tert-alkyl or cyclic N) is 1. The van der Waals surface area contributed by atoms with Crippen LogP contribution in [-0.4, -0.2) is 29.7 Å². The van der Waals surface area contributed by atoms with Crippen LogP contribution in [0.15, 0.2) is 48.5 Å². The summed E-state index contributed by atoms with van der Waals surface area (Å²) in [6.45, 7) is 2.80. The molecule has 4 heteroatoms. The summed E-state index contributed by atoms with van der Waals surface area (Å²) >= 11 is 0. The molecule has 2 aromatic carbocycles. The molecule has 0 spiro atoms. The van der Waals surface area contributed by atoms with Crippen molar-refractivity contribution in [2.45, 2.75) is 12.6 Å². The van der Waals surface area contributed by atoms with Gasteiger partial charge in [-0.1, -0.05) is 30.3 Å². The number of para-hydroxylation sites is 1. The first-order chi connectivity index (χ1) is 10.2. The SMILES string of the molecule is Nc1cccc(C(O)CN2CCOc3ccccc3C2)c1. The van der Waals surface area contributed by atoms with Crippen LogP contribution in [0.25, 0.3) is 0 Å². The zero-order chi connectivity index (χ0) is 14.7. The van der Waals surface area contributed by atoms with Crippen molar-refractivity contribution in [2.75, 3.05) is 25.4 Å². The van der Waals surface area contributed by atoms with Crippen LogP contribution in [0.1, 0.15) is 17.2 Å². The molecule has 21 heavy (non-hydrogen) atoms. The van der Waals surface area contributed by atoms with Crippen LogP contribution in [0.2, 0.25) is 0 Å². The Labute approximate surface area is 124 Å². The molecule has 0 aliphatic carbocycles. The van der Waals surface area contributed by atoms with Crippen LogP contribution in [-0.2, 0) is 6.54 Å². The minimum atomic E-state index is -0.543. The first-order valence-electron chi connectivity index (χ1n) is 7.19. The number of fused-ring (bicyclic) bond motifs is 1. The Kier molecular flexibility index (Phi) is 4.08. The third-order valence-electron chi connectivity index (χ3n) is 3.76. The van der Waals surface area contributed by atoms with Gasteiger partial charge in [-0.2, -0.15) is 0 Å². The molecule has 0 aromatic heterocycles. The molecule has 1 aliphatic rings. The standard InChI is InChI=1S/C17H20N2O2/c18-15-6-3-5-13(10-15)16(20)12-19-8-9-21-17-7-2-1-4-14(17)11-19/h1-7,10,16,20H,8-9,11-12,18H2. The number of aliphatic hydroxyl groups excluding tert-OH is 1. The molecule has 0 saturated heterocycles. The van der Waals surface area contributed by atoms with Gasteiger partial charge in [0.05, 0.1) is 6.10 Å². The lowest BCUT2D eigenvalue weighted by atomic mass is 10.1. The fourth-order valence-corrected chi connectivity index (χ4v) is 2.65. The highest BCUT2D eigenvalue weighted by Crippen LogP contribution is 2.24. The maximum Gasteiger partial charge on any atom is 0.123 e. The molecule has 1 aliphatic heterocycles. The molecule has 110 valence electrons. The summed E-state index contributed by atoms with van der Waals surface area (Å²) in [6, 6.07) is 15.5. The maximum absolute atomic E-state index is 10.4. The van der Waals surface area contributed by atoms with E-state index in [0.29, 0.717) is 18.8 Å². The Balaban J connectivity index is 1.70. The third-order valence-corrected chi connectivity index (χ3v) is 3.76. The van der Waals surface area contributed by atoms with Crippen LogP contribution in [0, 0.1) is 0 Å². The van der Waals surface area contributed by atoms with Gasteiger partial charge in [0.2, 0.25) is 0 Å². The van der Waals surface area contributed by atoms with Gasteiger partial charge in [0.25, 0.3) is 0 Å². The third kappa shape index (κ3) is 3.35. The zero-order valence-corrected chi connectivity index (χ0v) is 11.9. The van der Waals surface area contributed by atoms with Gasteiger partial charge in [-0.25, -0.2) is 0 Å². The molecular weight excluding hydrogens is 264 g/mol. The average molecular weight is 284 g/mol. The zero-order valence-electron chi connectivity index (χ0n) is 11.9. The molecule has 3 N–H and O–H groups in total. The van der Waals surface area contributed by atoms with Crippen molar-refractivity contribution in [3.8, 4) is 5.75 Å². The maximum atomic E-state index is 10.4. The topological polar surface area (TPSA) is 58.7 Å². The number of nitrogens with two attached hydrogens (primary N) is 1. The van der Waals surface area contributed by atoms with Crippen molar-refractivity contribution in [2.24, 2.45) is 0 Å². The molecule has 3 rings (SSSR count). The second kappa shape index (κ2) is 6.16. The largest absolute Gasteiger partial charge is 0.492 e. The van der Waals surface area contributed by atoms with Crippen LogP contribution >= 0.6 is 0 Å². The Bertz CT molecular complexity index is 615. The molecule has 1 unspecified atom stereocenters. The quantitative estimate of drug-likeness (QED) is 0.848. The second-order valence-electron chi connectivity index (χ2n) is 5.38. The molecule has 0 saturated carbocycles. The van der Waals surface area contributed by atoms with Gasteiger partial charge >= 0.3 is 0 Å².